The van der Waals surface area contributed by atoms with Crippen molar-refractivity contribution in [3.05, 3.63) is 209 Å². The van der Waals surface area contributed by atoms with Crippen LogP contribution in [0.2, 0.25) is 0 Å². The van der Waals surface area contributed by atoms with E-state index in [2.05, 4.69) is 184 Å². The molecule has 1 heterocycles. The van der Waals surface area contributed by atoms with E-state index < -0.39 is 0 Å². The number of allylic oxidation sites excluding steroid dienone is 12. The maximum absolute atomic E-state index is 6.93. The van der Waals surface area contributed by atoms with E-state index in [-0.39, 0.29) is 5.41 Å². The number of fused-ring (bicyclic) bond motifs is 7. The zero-order valence-corrected chi connectivity index (χ0v) is 33.5. The van der Waals surface area contributed by atoms with E-state index in [1.807, 2.05) is 0 Å². The number of rotatable bonds is 7. The van der Waals surface area contributed by atoms with Crippen LogP contribution in [0.1, 0.15) is 62.6 Å². The lowest BCUT2D eigenvalue weighted by Crippen LogP contribution is -2.25. The van der Waals surface area contributed by atoms with Crippen LogP contribution in [-0.4, -0.2) is 0 Å². The Morgan fingerprint density at radius 2 is 1.41 bits per heavy atom. The van der Waals surface area contributed by atoms with Gasteiger partial charge in [-0.05, 0) is 117 Å². The molecule has 1 nitrogen and oxygen atoms in total. The summed E-state index contributed by atoms with van der Waals surface area (Å²) in [6.07, 6.45) is 23.5. The molecule has 0 N–H and O–H groups in total. The maximum atomic E-state index is 6.93. The van der Waals surface area contributed by atoms with Crippen LogP contribution < -0.4 is 0 Å². The van der Waals surface area contributed by atoms with Crippen LogP contribution in [-0.2, 0) is 11.8 Å². The van der Waals surface area contributed by atoms with Gasteiger partial charge in [-0.1, -0.05) is 189 Å². The van der Waals surface area contributed by atoms with Crippen molar-refractivity contribution in [2.45, 2.75) is 57.8 Å². The predicted molar refractivity (Wildman–Crippen MR) is 245 cm³/mol. The number of hydrogen-bond acceptors (Lipinski definition) is 1. The largest absolute Gasteiger partial charge is 0.455 e. The summed E-state index contributed by atoms with van der Waals surface area (Å²) in [6.45, 7) is 4.88. The molecule has 0 aliphatic heterocycles. The van der Waals surface area contributed by atoms with Gasteiger partial charge in [-0.3, -0.25) is 0 Å². The second kappa shape index (κ2) is 14.0. The van der Waals surface area contributed by atoms with Crippen molar-refractivity contribution in [1.29, 1.82) is 0 Å². The SMILES string of the molecule is CC1(C)C2=C(C=CC(C(Cc3cccc(-c4cccc5c4oc4cc(-c6ccccc6)c6ccccc6c45)c3)C3=CC=C(C4=CC=CCC4)CC3)C2)c2ccccc21. The van der Waals surface area contributed by atoms with Gasteiger partial charge >= 0.3 is 0 Å². The normalized spacial score (nSPS) is 18.9. The zero-order valence-electron chi connectivity index (χ0n) is 33.5. The molecule has 0 saturated carbocycles. The Bertz CT molecular complexity index is 2970. The zero-order chi connectivity index (χ0) is 38.8. The van der Waals surface area contributed by atoms with Gasteiger partial charge in [0.25, 0.3) is 0 Å². The van der Waals surface area contributed by atoms with E-state index in [0.29, 0.717) is 11.8 Å². The molecule has 2 atom stereocenters. The second-order valence-electron chi connectivity index (χ2n) is 17.4. The van der Waals surface area contributed by atoms with Gasteiger partial charge in [-0.2, -0.15) is 0 Å². The summed E-state index contributed by atoms with van der Waals surface area (Å²) in [7, 11) is 0. The fourth-order valence-corrected chi connectivity index (χ4v) is 10.8. The number of hydrogen-bond donors (Lipinski definition) is 0. The molecule has 0 fully saturated rings. The third-order valence-electron chi connectivity index (χ3n) is 13.8. The van der Waals surface area contributed by atoms with Gasteiger partial charge in [0.15, 0.2) is 0 Å². The van der Waals surface area contributed by atoms with Crippen molar-refractivity contribution in [3.8, 4) is 22.3 Å². The van der Waals surface area contributed by atoms with Crippen LogP contribution in [0.4, 0.5) is 0 Å². The molecule has 4 aliphatic carbocycles. The van der Waals surface area contributed by atoms with Crippen LogP contribution in [0, 0.1) is 11.8 Å². The lowest BCUT2D eigenvalue weighted by molar-refractivity contribution is 0.412. The Morgan fingerprint density at radius 1 is 0.655 bits per heavy atom. The molecule has 282 valence electrons. The van der Waals surface area contributed by atoms with Gasteiger partial charge in [0.05, 0.1) is 0 Å². The first-order chi connectivity index (χ1) is 28.5. The van der Waals surface area contributed by atoms with Crippen LogP contribution >= 0.6 is 0 Å². The van der Waals surface area contributed by atoms with Crippen LogP contribution in [0.15, 0.2) is 197 Å². The van der Waals surface area contributed by atoms with Gasteiger partial charge in [0, 0.05) is 21.8 Å². The smallest absolute Gasteiger partial charge is 0.143 e. The van der Waals surface area contributed by atoms with E-state index in [1.54, 1.807) is 11.1 Å². The van der Waals surface area contributed by atoms with Crippen molar-refractivity contribution >= 4 is 38.3 Å². The third-order valence-corrected chi connectivity index (χ3v) is 13.8. The lowest BCUT2D eigenvalue weighted by atomic mass is 9.69. The van der Waals surface area contributed by atoms with Crippen molar-refractivity contribution in [3.63, 3.8) is 0 Å². The molecular formula is C57H48O. The van der Waals surface area contributed by atoms with Gasteiger partial charge in [-0.15, -0.1) is 0 Å². The summed E-state index contributed by atoms with van der Waals surface area (Å²) >= 11 is 0. The minimum absolute atomic E-state index is 0.0346. The highest BCUT2D eigenvalue weighted by Crippen LogP contribution is 2.53. The highest BCUT2D eigenvalue weighted by Gasteiger charge is 2.40. The fourth-order valence-electron chi connectivity index (χ4n) is 10.8. The molecule has 6 aromatic carbocycles. The Balaban J connectivity index is 0.980. The number of furan rings is 1. The van der Waals surface area contributed by atoms with Gasteiger partial charge in [-0.25, -0.2) is 0 Å². The van der Waals surface area contributed by atoms with Crippen molar-refractivity contribution in [2.24, 2.45) is 11.8 Å². The van der Waals surface area contributed by atoms with Crippen molar-refractivity contribution in [2.75, 3.05) is 0 Å². The number of benzene rings is 6. The summed E-state index contributed by atoms with van der Waals surface area (Å²) in [6, 6.07) is 46.8. The number of para-hydroxylation sites is 1. The van der Waals surface area contributed by atoms with Crippen molar-refractivity contribution in [1.82, 2.24) is 0 Å². The molecule has 0 bridgehead atoms. The molecule has 1 heteroatoms. The summed E-state index contributed by atoms with van der Waals surface area (Å²) in [5.74, 6) is 0.836. The molecule has 0 saturated heterocycles. The van der Waals surface area contributed by atoms with E-state index in [9.17, 15) is 0 Å². The molecule has 4 aliphatic rings. The molecular weight excluding hydrogens is 701 g/mol. The Hall–Kier alpha value is -6.18. The molecule has 0 radical (unpaired) electrons. The van der Waals surface area contributed by atoms with E-state index in [1.165, 1.54) is 71.6 Å². The van der Waals surface area contributed by atoms with Crippen molar-refractivity contribution < 1.29 is 4.42 Å². The minimum atomic E-state index is 0.0346. The topological polar surface area (TPSA) is 13.1 Å². The maximum Gasteiger partial charge on any atom is 0.143 e. The molecule has 0 amide bonds. The first-order valence-corrected chi connectivity index (χ1v) is 21.3. The molecule has 0 spiro atoms. The van der Waals surface area contributed by atoms with Gasteiger partial charge < -0.3 is 4.42 Å². The summed E-state index contributed by atoms with van der Waals surface area (Å²) in [4.78, 5) is 0. The Kier molecular flexibility index (Phi) is 8.47. The first kappa shape index (κ1) is 35.0. The average Bonchev–Trinajstić information content (AvgIpc) is 3.78. The molecule has 1 aromatic heterocycles. The average molecular weight is 749 g/mol. The standard InChI is InChI=1S/C57H48O/c1-57(2)52-26-12-11-22-46(52)47-32-31-43(35-53(47)57)50(41-29-27-39(28-30-41)38-16-5-3-6-17-38)34-37-15-13-20-42(33-37)44-24-14-25-49-55-48-23-10-9-21-45(48)51(36-54(55)58-56(44)49)40-18-7-4-8-19-40/h3-5,7-16,18-27,29,31-33,36,43,50H,6,17,28,30,34-35H2,1-2H3. The fraction of sp³-hybridized carbons (Fsp3) is 0.193. The monoisotopic (exact) mass is 748 g/mol. The van der Waals surface area contributed by atoms with Crippen LogP contribution in [0.3, 0.4) is 0 Å². The molecule has 11 rings (SSSR count). The van der Waals surface area contributed by atoms with E-state index in [4.69, 9.17) is 4.42 Å². The quantitative estimate of drug-likeness (QED) is 0.158. The highest BCUT2D eigenvalue weighted by atomic mass is 16.3. The molecule has 2 unspecified atom stereocenters. The minimum Gasteiger partial charge on any atom is -0.455 e. The van der Waals surface area contributed by atoms with E-state index >= 15 is 0 Å². The molecule has 58 heavy (non-hydrogen) atoms. The lowest BCUT2D eigenvalue weighted by Gasteiger charge is -2.35. The Labute approximate surface area is 342 Å². The highest BCUT2D eigenvalue weighted by molar-refractivity contribution is 6.23. The third kappa shape index (κ3) is 5.82. The second-order valence-corrected chi connectivity index (χ2v) is 17.4. The predicted octanol–water partition coefficient (Wildman–Crippen LogP) is 15.5. The van der Waals surface area contributed by atoms with Gasteiger partial charge in [0.2, 0.25) is 0 Å². The van der Waals surface area contributed by atoms with Crippen LogP contribution in [0.5, 0.6) is 0 Å². The summed E-state index contributed by atoms with van der Waals surface area (Å²) < 4.78 is 6.93. The molecule has 7 aromatic rings. The van der Waals surface area contributed by atoms with Crippen LogP contribution in [0.25, 0.3) is 60.5 Å². The summed E-state index contributed by atoms with van der Waals surface area (Å²) in [5, 5.41) is 4.84. The Morgan fingerprint density at radius 3 is 2.26 bits per heavy atom. The first-order valence-electron chi connectivity index (χ1n) is 21.3. The summed E-state index contributed by atoms with van der Waals surface area (Å²) in [5.41, 5.74) is 18.6. The van der Waals surface area contributed by atoms with Gasteiger partial charge in [0.1, 0.15) is 11.2 Å². The van der Waals surface area contributed by atoms with E-state index in [0.717, 1.165) is 55.3 Å².